The third-order valence-corrected chi connectivity index (χ3v) is 5.21. The fourth-order valence-electron chi connectivity index (χ4n) is 3.17. The molecule has 0 aliphatic carbocycles. The van der Waals surface area contributed by atoms with Gasteiger partial charge in [-0.15, -0.1) is 0 Å². The third kappa shape index (κ3) is 3.55. The summed E-state index contributed by atoms with van der Waals surface area (Å²) in [4.78, 5) is 34.6. The summed E-state index contributed by atoms with van der Waals surface area (Å²) in [5, 5.41) is 2.81. The summed E-state index contributed by atoms with van der Waals surface area (Å²) in [6, 6.07) is 8.98. The molecule has 0 bridgehead atoms. The zero-order valence-electron chi connectivity index (χ0n) is 15.8. The minimum absolute atomic E-state index is 0.217. The summed E-state index contributed by atoms with van der Waals surface area (Å²) >= 11 is 6.00. The lowest BCUT2D eigenvalue weighted by Crippen LogP contribution is -2.33. The van der Waals surface area contributed by atoms with Gasteiger partial charge in [0.15, 0.2) is 5.75 Å². The van der Waals surface area contributed by atoms with Gasteiger partial charge in [-0.2, -0.15) is 8.42 Å². The number of hydrogen-bond acceptors (Lipinski definition) is 7. The number of H-pyrrole nitrogens is 1. The summed E-state index contributed by atoms with van der Waals surface area (Å²) in [5.74, 6) is -0.271. The van der Waals surface area contributed by atoms with E-state index in [1.807, 2.05) is 0 Å². The van der Waals surface area contributed by atoms with E-state index in [0.29, 0.717) is 10.7 Å². The van der Waals surface area contributed by atoms with Gasteiger partial charge in [-0.05, 0) is 37.3 Å². The minimum atomic E-state index is -4.02. The first-order valence-electron chi connectivity index (χ1n) is 8.74. The van der Waals surface area contributed by atoms with Gasteiger partial charge >= 0.3 is 10.1 Å². The van der Waals surface area contributed by atoms with E-state index >= 15 is 0 Å². The maximum absolute atomic E-state index is 13.3. The molecule has 3 heterocycles. The van der Waals surface area contributed by atoms with Crippen LogP contribution in [0.2, 0.25) is 5.02 Å². The standard InChI is InChI=1S/C19H15ClN4O5S/c1-10(13-5-3-4-8-21-13)24-19(26)15-16(18(25)23-24)22-14-9-11(20)6-7-12(14)17(15)29-30(2,27)28/h3-10H,1-2H3,(H,23,25). The first kappa shape index (κ1) is 20.0. The van der Waals surface area contributed by atoms with Gasteiger partial charge in [-0.3, -0.25) is 19.7 Å². The van der Waals surface area contributed by atoms with E-state index in [0.717, 1.165) is 10.9 Å². The zero-order valence-corrected chi connectivity index (χ0v) is 17.4. The number of rotatable bonds is 4. The average molecular weight is 447 g/mol. The van der Waals surface area contributed by atoms with E-state index < -0.39 is 27.3 Å². The topological polar surface area (TPSA) is 124 Å². The van der Waals surface area contributed by atoms with E-state index in [4.69, 9.17) is 15.8 Å². The lowest BCUT2D eigenvalue weighted by Gasteiger charge is -2.16. The van der Waals surface area contributed by atoms with E-state index in [9.17, 15) is 18.0 Å². The normalized spacial score (nSPS) is 12.9. The first-order valence-corrected chi connectivity index (χ1v) is 10.9. The third-order valence-electron chi connectivity index (χ3n) is 4.51. The van der Waals surface area contributed by atoms with Crippen LogP contribution in [0.1, 0.15) is 18.7 Å². The number of aromatic nitrogens is 4. The molecule has 154 valence electrons. The molecule has 1 unspecified atom stereocenters. The predicted molar refractivity (Wildman–Crippen MR) is 113 cm³/mol. The summed E-state index contributed by atoms with van der Waals surface area (Å²) in [5.41, 5.74) is -0.869. The second kappa shape index (κ2) is 7.22. The SMILES string of the molecule is CC(c1ccccn1)n1[nH]c(=O)c2nc3cc(Cl)ccc3c(OS(C)(=O)=O)c2c1=O. The molecule has 4 rings (SSSR count). The Labute approximate surface area is 175 Å². The molecule has 1 aromatic carbocycles. The number of benzene rings is 1. The highest BCUT2D eigenvalue weighted by Crippen LogP contribution is 2.32. The lowest BCUT2D eigenvalue weighted by atomic mass is 10.1. The maximum atomic E-state index is 13.3. The molecule has 3 aromatic heterocycles. The molecule has 0 saturated heterocycles. The number of halogens is 1. The van der Waals surface area contributed by atoms with Gasteiger partial charge in [0.1, 0.15) is 10.9 Å². The van der Waals surface area contributed by atoms with E-state index in [2.05, 4.69) is 15.1 Å². The Hall–Kier alpha value is -3.24. The summed E-state index contributed by atoms with van der Waals surface area (Å²) < 4.78 is 30.1. The Kier molecular flexibility index (Phi) is 4.83. The van der Waals surface area contributed by atoms with Gasteiger partial charge in [-0.25, -0.2) is 9.67 Å². The van der Waals surface area contributed by atoms with Crippen LogP contribution >= 0.6 is 11.6 Å². The van der Waals surface area contributed by atoms with Crippen LogP contribution in [0.25, 0.3) is 21.8 Å². The van der Waals surface area contributed by atoms with Gasteiger partial charge < -0.3 is 4.18 Å². The largest absolute Gasteiger partial charge is 0.381 e. The van der Waals surface area contributed by atoms with Crippen molar-refractivity contribution in [2.45, 2.75) is 13.0 Å². The van der Waals surface area contributed by atoms with Crippen LogP contribution < -0.4 is 15.3 Å². The van der Waals surface area contributed by atoms with Crippen LogP contribution in [0.5, 0.6) is 5.75 Å². The van der Waals surface area contributed by atoms with E-state index in [-0.39, 0.29) is 27.6 Å². The molecule has 4 aromatic rings. The number of hydrogen-bond donors (Lipinski definition) is 1. The van der Waals surface area contributed by atoms with Gasteiger partial charge in [0.05, 0.1) is 23.5 Å². The van der Waals surface area contributed by atoms with Crippen LogP contribution in [-0.4, -0.2) is 34.4 Å². The zero-order chi connectivity index (χ0) is 21.6. The van der Waals surface area contributed by atoms with Gasteiger partial charge in [0.2, 0.25) is 0 Å². The number of aromatic amines is 1. The molecule has 9 nitrogen and oxygen atoms in total. The summed E-state index contributed by atoms with van der Waals surface area (Å²) in [7, 11) is -4.02. The van der Waals surface area contributed by atoms with Crippen LogP contribution in [-0.2, 0) is 10.1 Å². The van der Waals surface area contributed by atoms with Gasteiger partial charge in [-0.1, -0.05) is 17.7 Å². The van der Waals surface area contributed by atoms with Crippen molar-refractivity contribution >= 4 is 43.5 Å². The molecule has 0 spiro atoms. The number of nitrogens with zero attached hydrogens (tertiary/aromatic N) is 3. The second-order valence-corrected chi connectivity index (χ2v) is 8.67. The predicted octanol–water partition coefficient (Wildman–Crippen LogP) is 2.23. The number of nitrogens with one attached hydrogen (secondary N) is 1. The Bertz CT molecular complexity index is 1510. The molecular formula is C19H15ClN4O5S. The van der Waals surface area contributed by atoms with Crippen LogP contribution in [0.4, 0.5) is 0 Å². The average Bonchev–Trinajstić information content (AvgIpc) is 2.69. The fraction of sp³-hybridized carbons (Fsp3) is 0.158. The van der Waals surface area contributed by atoms with Crippen molar-refractivity contribution in [3.05, 3.63) is 74.0 Å². The lowest BCUT2D eigenvalue weighted by molar-refractivity contribution is 0.494. The number of fused-ring (bicyclic) bond motifs is 2. The fourth-order valence-corrected chi connectivity index (χ4v) is 3.81. The maximum Gasteiger partial charge on any atom is 0.306 e. The van der Waals surface area contributed by atoms with Crippen molar-refractivity contribution in [3.63, 3.8) is 0 Å². The van der Waals surface area contributed by atoms with Crippen LogP contribution in [0.3, 0.4) is 0 Å². The quantitative estimate of drug-likeness (QED) is 0.376. The molecule has 0 radical (unpaired) electrons. The van der Waals surface area contributed by atoms with Crippen LogP contribution in [0.15, 0.2) is 52.2 Å². The Morgan fingerprint density at radius 3 is 2.63 bits per heavy atom. The van der Waals surface area contributed by atoms with Crippen LogP contribution in [0, 0.1) is 0 Å². The Balaban J connectivity index is 2.13. The second-order valence-electron chi connectivity index (χ2n) is 6.66. The first-order chi connectivity index (χ1) is 14.2. The smallest absolute Gasteiger partial charge is 0.306 e. The molecule has 0 saturated carbocycles. The van der Waals surface area contributed by atoms with Crippen molar-refractivity contribution in [1.82, 2.24) is 19.7 Å². The van der Waals surface area contributed by atoms with Crippen molar-refractivity contribution in [2.75, 3.05) is 6.26 Å². The molecule has 0 amide bonds. The van der Waals surface area contributed by atoms with E-state index in [1.165, 1.54) is 18.2 Å². The Morgan fingerprint density at radius 2 is 1.97 bits per heavy atom. The molecule has 1 N–H and O–H groups in total. The van der Waals surface area contributed by atoms with Crippen molar-refractivity contribution in [3.8, 4) is 5.75 Å². The van der Waals surface area contributed by atoms with Crippen molar-refractivity contribution in [2.24, 2.45) is 0 Å². The molecule has 30 heavy (non-hydrogen) atoms. The Morgan fingerprint density at radius 1 is 1.20 bits per heavy atom. The minimum Gasteiger partial charge on any atom is -0.381 e. The molecule has 11 heteroatoms. The monoisotopic (exact) mass is 446 g/mol. The highest BCUT2D eigenvalue weighted by atomic mass is 35.5. The van der Waals surface area contributed by atoms with Crippen molar-refractivity contribution < 1.29 is 12.6 Å². The van der Waals surface area contributed by atoms with Gasteiger partial charge in [0, 0.05) is 16.6 Å². The molecular weight excluding hydrogens is 432 g/mol. The molecule has 0 fully saturated rings. The summed E-state index contributed by atoms with van der Waals surface area (Å²) in [6.45, 7) is 1.68. The number of pyridine rings is 2. The summed E-state index contributed by atoms with van der Waals surface area (Å²) in [6.07, 6.45) is 2.41. The molecule has 0 aliphatic rings. The molecule has 1 atom stereocenters. The van der Waals surface area contributed by atoms with Crippen molar-refractivity contribution in [1.29, 1.82) is 0 Å². The van der Waals surface area contributed by atoms with Gasteiger partial charge in [0.25, 0.3) is 11.1 Å². The highest BCUT2D eigenvalue weighted by molar-refractivity contribution is 7.86. The van der Waals surface area contributed by atoms with E-state index in [1.54, 1.807) is 31.3 Å². The highest BCUT2D eigenvalue weighted by Gasteiger charge is 2.23. The molecule has 0 aliphatic heterocycles.